The van der Waals surface area contributed by atoms with Gasteiger partial charge in [-0.1, -0.05) is 32.1 Å². The summed E-state index contributed by atoms with van der Waals surface area (Å²) >= 11 is 0. The Morgan fingerprint density at radius 3 is 2.14 bits per heavy atom. The van der Waals surface area contributed by atoms with Crippen molar-refractivity contribution in [2.24, 2.45) is 0 Å². The van der Waals surface area contributed by atoms with Gasteiger partial charge in [-0.15, -0.1) is 0 Å². The normalized spacial score (nSPS) is 15.8. The van der Waals surface area contributed by atoms with E-state index < -0.39 is 45.9 Å². The maximum absolute atomic E-state index is 12.2. The maximum atomic E-state index is 12.2. The van der Waals surface area contributed by atoms with Crippen LogP contribution < -0.4 is 4.74 Å². The summed E-state index contributed by atoms with van der Waals surface area (Å²) in [5.74, 6) is -0.988. The number of rotatable bonds is 5. The zero-order chi connectivity index (χ0) is 21.6. The van der Waals surface area contributed by atoms with Crippen molar-refractivity contribution in [1.29, 1.82) is 0 Å². The SMILES string of the molecule is O=C(OCC(F)(F)F)Oc1c(C2CCCCCCC2)cc([N+](=O)[O-])cc1[N+](=O)[O-]. The van der Waals surface area contributed by atoms with E-state index in [1.54, 1.807) is 0 Å². The Bertz CT molecular complexity index is 775. The number of benzene rings is 1. The summed E-state index contributed by atoms with van der Waals surface area (Å²) in [7, 11) is 0. The van der Waals surface area contributed by atoms with Gasteiger partial charge in [-0.3, -0.25) is 20.2 Å². The van der Waals surface area contributed by atoms with Gasteiger partial charge in [0, 0.05) is 11.6 Å². The third-order valence-electron chi connectivity index (χ3n) is 4.57. The molecule has 1 aromatic rings. The Morgan fingerprint density at radius 2 is 1.62 bits per heavy atom. The number of hydrogen-bond donors (Lipinski definition) is 0. The van der Waals surface area contributed by atoms with Crippen LogP contribution in [0.25, 0.3) is 0 Å². The number of nitro benzene ring substituents is 2. The van der Waals surface area contributed by atoms with Crippen LogP contribution in [0.4, 0.5) is 29.3 Å². The molecule has 0 bridgehead atoms. The number of nitro groups is 2. The molecular formula is C17H19F3N2O7. The number of non-ortho nitro benzene ring substituents is 1. The first-order valence-electron chi connectivity index (χ1n) is 8.96. The summed E-state index contributed by atoms with van der Waals surface area (Å²) in [5, 5.41) is 22.6. The fourth-order valence-corrected chi connectivity index (χ4v) is 3.30. The number of hydrogen-bond acceptors (Lipinski definition) is 7. The van der Waals surface area contributed by atoms with Crippen LogP contribution in [-0.4, -0.2) is 28.8 Å². The lowest BCUT2D eigenvalue weighted by molar-refractivity contribution is -0.394. The third-order valence-corrected chi connectivity index (χ3v) is 4.57. The summed E-state index contributed by atoms with van der Waals surface area (Å²) in [5.41, 5.74) is -1.39. The Labute approximate surface area is 163 Å². The molecule has 0 aromatic heterocycles. The molecule has 0 atom stereocenters. The maximum Gasteiger partial charge on any atom is 0.514 e. The van der Waals surface area contributed by atoms with Crippen molar-refractivity contribution in [3.05, 3.63) is 37.9 Å². The van der Waals surface area contributed by atoms with Crippen molar-refractivity contribution < 1.29 is 37.3 Å². The summed E-state index contributed by atoms with van der Waals surface area (Å²) in [6.07, 6.45) is -1.10. The average molecular weight is 420 g/mol. The van der Waals surface area contributed by atoms with E-state index >= 15 is 0 Å². The van der Waals surface area contributed by atoms with Crippen molar-refractivity contribution in [1.82, 2.24) is 0 Å². The van der Waals surface area contributed by atoms with Crippen LogP contribution in [0.2, 0.25) is 0 Å². The molecule has 1 aromatic carbocycles. The molecule has 1 saturated carbocycles. The number of carbonyl (C=O) groups is 1. The zero-order valence-electron chi connectivity index (χ0n) is 15.3. The smallest absolute Gasteiger partial charge is 0.424 e. The molecule has 0 heterocycles. The predicted molar refractivity (Wildman–Crippen MR) is 92.8 cm³/mol. The molecular weight excluding hydrogens is 401 g/mol. The molecule has 2 rings (SSSR count). The third kappa shape index (κ3) is 6.57. The lowest BCUT2D eigenvalue weighted by atomic mass is 9.85. The minimum Gasteiger partial charge on any atom is -0.424 e. The summed E-state index contributed by atoms with van der Waals surface area (Å²) in [6.45, 7) is -1.93. The molecule has 12 heteroatoms. The van der Waals surface area contributed by atoms with Gasteiger partial charge in [0.1, 0.15) is 0 Å². The van der Waals surface area contributed by atoms with Gasteiger partial charge in [0.05, 0.1) is 15.9 Å². The first-order chi connectivity index (χ1) is 13.6. The monoisotopic (exact) mass is 420 g/mol. The Kier molecular flexibility index (Phi) is 7.35. The van der Waals surface area contributed by atoms with E-state index in [-0.39, 0.29) is 11.5 Å². The second kappa shape index (κ2) is 9.52. The molecule has 0 saturated heterocycles. The molecule has 0 aliphatic heterocycles. The van der Waals surface area contributed by atoms with E-state index in [9.17, 15) is 38.2 Å². The van der Waals surface area contributed by atoms with Gasteiger partial charge in [0.25, 0.3) is 5.69 Å². The van der Waals surface area contributed by atoms with Gasteiger partial charge >= 0.3 is 18.0 Å². The van der Waals surface area contributed by atoms with Crippen LogP contribution in [0, 0.1) is 20.2 Å². The van der Waals surface area contributed by atoms with Gasteiger partial charge in [-0.2, -0.15) is 13.2 Å². The minimum absolute atomic E-state index is 0.0526. The second-order valence-corrected chi connectivity index (χ2v) is 6.70. The van der Waals surface area contributed by atoms with Crippen molar-refractivity contribution in [2.45, 2.75) is 57.0 Å². The lowest BCUT2D eigenvalue weighted by Crippen LogP contribution is -2.23. The molecule has 0 radical (unpaired) electrons. The van der Waals surface area contributed by atoms with Crippen LogP contribution in [0.15, 0.2) is 12.1 Å². The van der Waals surface area contributed by atoms with Crippen LogP contribution >= 0.6 is 0 Å². The highest BCUT2D eigenvalue weighted by atomic mass is 19.4. The summed E-state index contributed by atoms with van der Waals surface area (Å²) in [6, 6.07) is 1.68. The highest BCUT2D eigenvalue weighted by Crippen LogP contribution is 2.43. The van der Waals surface area contributed by atoms with E-state index in [2.05, 4.69) is 4.74 Å². The molecule has 29 heavy (non-hydrogen) atoms. The van der Waals surface area contributed by atoms with Crippen molar-refractivity contribution in [3.63, 3.8) is 0 Å². The second-order valence-electron chi connectivity index (χ2n) is 6.70. The topological polar surface area (TPSA) is 122 Å². The standard InChI is InChI=1S/C17H19F3N2O7/c18-17(19,20)10-28-16(23)29-15-13(11-6-4-2-1-3-5-7-11)8-12(21(24)25)9-14(15)22(26)27/h8-9,11H,1-7,10H2. The molecule has 160 valence electrons. The van der Waals surface area contributed by atoms with Crippen molar-refractivity contribution in [2.75, 3.05) is 6.61 Å². The number of halogens is 3. The molecule has 0 N–H and O–H groups in total. The van der Waals surface area contributed by atoms with E-state index in [1.807, 2.05) is 0 Å². The summed E-state index contributed by atoms with van der Waals surface area (Å²) in [4.78, 5) is 32.5. The first-order valence-corrected chi connectivity index (χ1v) is 8.96. The van der Waals surface area contributed by atoms with E-state index in [0.717, 1.165) is 38.2 Å². The molecule has 1 aliphatic rings. The first kappa shape index (κ1) is 22.4. The molecule has 0 unspecified atom stereocenters. The Hall–Kier alpha value is -2.92. The van der Waals surface area contributed by atoms with Crippen molar-refractivity contribution in [3.8, 4) is 5.75 Å². The van der Waals surface area contributed by atoms with Gasteiger partial charge < -0.3 is 9.47 Å². The number of alkyl halides is 3. The van der Waals surface area contributed by atoms with Gasteiger partial charge in [0.2, 0.25) is 5.75 Å². The Balaban J connectivity index is 2.45. The predicted octanol–water partition coefficient (Wildman–Crippen LogP) is 5.41. The van der Waals surface area contributed by atoms with Gasteiger partial charge in [-0.05, 0) is 18.8 Å². The highest BCUT2D eigenvalue weighted by Gasteiger charge is 2.34. The van der Waals surface area contributed by atoms with Crippen LogP contribution in [0.5, 0.6) is 5.75 Å². The fraction of sp³-hybridized carbons (Fsp3) is 0.588. The fourth-order valence-electron chi connectivity index (χ4n) is 3.30. The molecule has 0 amide bonds. The van der Waals surface area contributed by atoms with Gasteiger partial charge in [-0.25, -0.2) is 4.79 Å². The molecule has 1 fully saturated rings. The van der Waals surface area contributed by atoms with E-state index in [0.29, 0.717) is 18.9 Å². The molecule has 1 aliphatic carbocycles. The number of ether oxygens (including phenoxy) is 2. The zero-order valence-corrected chi connectivity index (χ0v) is 15.3. The Morgan fingerprint density at radius 1 is 1.03 bits per heavy atom. The number of carbonyl (C=O) groups excluding carboxylic acids is 1. The summed E-state index contributed by atoms with van der Waals surface area (Å²) < 4.78 is 45.5. The highest BCUT2D eigenvalue weighted by molar-refractivity contribution is 5.70. The van der Waals surface area contributed by atoms with E-state index in [4.69, 9.17) is 4.74 Å². The average Bonchev–Trinajstić information content (AvgIpc) is 2.59. The number of nitrogens with zero attached hydrogens (tertiary/aromatic N) is 2. The van der Waals surface area contributed by atoms with Crippen molar-refractivity contribution >= 4 is 17.5 Å². The van der Waals surface area contributed by atoms with E-state index in [1.165, 1.54) is 0 Å². The lowest BCUT2D eigenvalue weighted by Gasteiger charge is -2.22. The minimum atomic E-state index is -4.80. The molecule has 0 spiro atoms. The van der Waals surface area contributed by atoms with Gasteiger partial charge in [0.15, 0.2) is 6.61 Å². The van der Waals surface area contributed by atoms with Crippen LogP contribution in [0.3, 0.4) is 0 Å². The molecule has 9 nitrogen and oxygen atoms in total. The van der Waals surface area contributed by atoms with Crippen LogP contribution in [-0.2, 0) is 4.74 Å². The largest absolute Gasteiger partial charge is 0.514 e. The van der Waals surface area contributed by atoms with Crippen LogP contribution in [0.1, 0.15) is 56.4 Å². The quantitative estimate of drug-likeness (QED) is 0.270.